The smallest absolute Gasteiger partial charge is 0.0683 e. The minimum Gasteiger partial charge on any atom is -0.137 e. The van der Waals surface area contributed by atoms with Crippen LogP contribution in [-0.4, -0.2) is 0 Å². The van der Waals surface area contributed by atoms with Crippen LogP contribution in [0.4, 0.5) is 0 Å². The Bertz CT molecular complexity index is 359. The fourth-order valence-electron chi connectivity index (χ4n) is 1.01. The third kappa shape index (κ3) is 1.98. The van der Waals surface area contributed by atoms with Gasteiger partial charge < -0.3 is 0 Å². The highest BCUT2D eigenvalue weighted by Gasteiger charge is 2.05. The highest BCUT2D eigenvalue weighted by atomic mass is 32.2. The van der Waals surface area contributed by atoms with Crippen LogP contribution in [0.15, 0.2) is 31.3 Å². The molecule has 0 aliphatic carbocycles. The number of hydrogen-bond donors (Lipinski definition) is 0. The first-order chi connectivity index (χ1) is 6.27. The van der Waals surface area contributed by atoms with Gasteiger partial charge in [-0.15, -0.1) is 22.7 Å². The van der Waals surface area contributed by atoms with E-state index in [1.807, 2.05) is 34.4 Å². The molecule has 2 rings (SSSR count). The summed E-state index contributed by atoms with van der Waals surface area (Å²) in [6.45, 7) is 4.34. The molecule has 0 saturated carbocycles. The van der Waals surface area contributed by atoms with Crippen molar-refractivity contribution in [2.24, 2.45) is 0 Å². The molecule has 0 saturated heterocycles. The molecule has 0 nitrogen and oxygen atoms in total. The maximum atomic E-state index is 2.18. The van der Waals surface area contributed by atoms with Crippen molar-refractivity contribution in [3.8, 4) is 0 Å². The Balaban J connectivity index is 2.24. The highest BCUT2D eigenvalue weighted by Crippen LogP contribution is 2.38. The van der Waals surface area contributed by atoms with Gasteiger partial charge in [-0.05, 0) is 47.9 Å². The lowest BCUT2D eigenvalue weighted by Crippen LogP contribution is -1.69. The predicted molar refractivity (Wildman–Crippen MR) is 62.2 cm³/mol. The fraction of sp³-hybridized carbons (Fsp3) is 0.200. The molecule has 0 aliphatic rings. The largest absolute Gasteiger partial charge is 0.137 e. The Hall–Kier alpha value is -0.250. The molecule has 2 aromatic rings. The first-order valence-corrected chi connectivity index (χ1v) is 6.61. The molecule has 13 heavy (non-hydrogen) atoms. The summed E-state index contributed by atoms with van der Waals surface area (Å²) in [5.41, 5.74) is 2.78. The molecule has 68 valence electrons. The molecule has 0 bridgehead atoms. The second-order valence-electron chi connectivity index (χ2n) is 2.88. The summed E-state index contributed by atoms with van der Waals surface area (Å²) in [4.78, 5) is 0. The van der Waals surface area contributed by atoms with Crippen LogP contribution >= 0.6 is 34.4 Å². The summed E-state index contributed by atoms with van der Waals surface area (Å²) in [6.07, 6.45) is 0. The second kappa shape index (κ2) is 3.86. The molecule has 0 unspecified atom stereocenters. The summed E-state index contributed by atoms with van der Waals surface area (Å²) in [6, 6.07) is 4.35. The Morgan fingerprint density at radius 3 is 1.69 bits per heavy atom. The van der Waals surface area contributed by atoms with E-state index in [2.05, 4.69) is 36.7 Å². The SMILES string of the molecule is Cc1ccsc1Sc1sccc1C. The first-order valence-electron chi connectivity index (χ1n) is 4.03. The molecule has 0 spiro atoms. The lowest BCUT2D eigenvalue weighted by molar-refractivity contribution is 1.40. The van der Waals surface area contributed by atoms with Gasteiger partial charge in [-0.1, -0.05) is 11.8 Å². The maximum Gasteiger partial charge on any atom is 0.0683 e. The average Bonchev–Trinajstić information content (AvgIpc) is 2.65. The Morgan fingerprint density at radius 1 is 0.923 bits per heavy atom. The molecule has 0 amide bonds. The number of aryl methyl sites for hydroxylation is 2. The predicted octanol–water partition coefficient (Wildman–Crippen LogP) is 4.58. The highest BCUT2D eigenvalue weighted by molar-refractivity contribution is 8.02. The van der Waals surface area contributed by atoms with Gasteiger partial charge in [0.2, 0.25) is 0 Å². The molecule has 3 heteroatoms. The van der Waals surface area contributed by atoms with Crippen molar-refractivity contribution in [3.63, 3.8) is 0 Å². The molecular formula is C10H10S3. The topological polar surface area (TPSA) is 0 Å². The Kier molecular flexibility index (Phi) is 2.77. The van der Waals surface area contributed by atoms with Crippen LogP contribution in [-0.2, 0) is 0 Å². The number of hydrogen-bond acceptors (Lipinski definition) is 3. The van der Waals surface area contributed by atoms with Gasteiger partial charge in [0.15, 0.2) is 0 Å². The molecule has 0 atom stereocenters. The Morgan fingerprint density at radius 2 is 1.38 bits per heavy atom. The van der Waals surface area contributed by atoms with Crippen LogP contribution in [0, 0.1) is 13.8 Å². The van der Waals surface area contributed by atoms with E-state index in [1.165, 1.54) is 19.5 Å². The van der Waals surface area contributed by atoms with Gasteiger partial charge in [0, 0.05) is 0 Å². The summed E-state index contributed by atoms with van der Waals surface area (Å²) in [5, 5.41) is 4.31. The molecular weight excluding hydrogens is 216 g/mol. The molecule has 0 fully saturated rings. The van der Waals surface area contributed by atoms with Gasteiger partial charge >= 0.3 is 0 Å². The summed E-state index contributed by atoms with van der Waals surface area (Å²) >= 11 is 5.54. The van der Waals surface area contributed by atoms with Gasteiger partial charge in [-0.3, -0.25) is 0 Å². The van der Waals surface area contributed by atoms with Crippen molar-refractivity contribution in [2.75, 3.05) is 0 Å². The van der Waals surface area contributed by atoms with Crippen molar-refractivity contribution < 1.29 is 0 Å². The van der Waals surface area contributed by atoms with Gasteiger partial charge in [0.1, 0.15) is 0 Å². The Labute approximate surface area is 90.6 Å². The summed E-state index contributed by atoms with van der Waals surface area (Å²) in [7, 11) is 0. The van der Waals surface area contributed by atoms with E-state index in [4.69, 9.17) is 0 Å². The average molecular weight is 226 g/mol. The third-order valence-electron chi connectivity index (χ3n) is 1.82. The van der Waals surface area contributed by atoms with Gasteiger partial charge in [-0.25, -0.2) is 0 Å². The molecule has 0 aliphatic heterocycles. The number of thiophene rings is 2. The van der Waals surface area contributed by atoms with Crippen molar-refractivity contribution in [3.05, 3.63) is 34.0 Å². The van der Waals surface area contributed by atoms with Crippen LogP contribution in [0.1, 0.15) is 11.1 Å². The number of rotatable bonds is 2. The minimum absolute atomic E-state index is 1.39. The quantitative estimate of drug-likeness (QED) is 0.722. The zero-order chi connectivity index (χ0) is 9.26. The first kappa shape index (κ1) is 9.31. The zero-order valence-electron chi connectivity index (χ0n) is 7.53. The lowest BCUT2D eigenvalue weighted by atomic mass is 10.4. The normalized spacial score (nSPS) is 10.6. The molecule has 2 heterocycles. The van der Waals surface area contributed by atoms with Crippen LogP contribution < -0.4 is 0 Å². The maximum absolute atomic E-state index is 2.18. The van der Waals surface area contributed by atoms with E-state index < -0.39 is 0 Å². The van der Waals surface area contributed by atoms with Crippen LogP contribution in [0.25, 0.3) is 0 Å². The van der Waals surface area contributed by atoms with Crippen molar-refractivity contribution >= 4 is 34.4 Å². The van der Waals surface area contributed by atoms with E-state index in [9.17, 15) is 0 Å². The van der Waals surface area contributed by atoms with Gasteiger partial charge in [0.05, 0.1) is 8.42 Å². The zero-order valence-corrected chi connectivity index (χ0v) is 9.98. The van der Waals surface area contributed by atoms with Crippen molar-refractivity contribution in [1.82, 2.24) is 0 Å². The molecule has 2 aromatic heterocycles. The van der Waals surface area contributed by atoms with E-state index in [0.717, 1.165) is 0 Å². The summed E-state index contributed by atoms with van der Waals surface area (Å²) in [5.74, 6) is 0. The van der Waals surface area contributed by atoms with E-state index in [-0.39, 0.29) is 0 Å². The minimum atomic E-state index is 1.39. The lowest BCUT2D eigenvalue weighted by Gasteiger charge is -1.97. The van der Waals surface area contributed by atoms with E-state index in [1.54, 1.807) is 0 Å². The molecule has 0 N–H and O–H groups in total. The van der Waals surface area contributed by atoms with Gasteiger partial charge in [0.25, 0.3) is 0 Å². The van der Waals surface area contributed by atoms with Gasteiger partial charge in [-0.2, -0.15) is 0 Å². The van der Waals surface area contributed by atoms with Crippen molar-refractivity contribution in [2.45, 2.75) is 22.3 Å². The van der Waals surface area contributed by atoms with Crippen LogP contribution in [0.3, 0.4) is 0 Å². The molecule has 0 aromatic carbocycles. The van der Waals surface area contributed by atoms with E-state index in [0.29, 0.717) is 0 Å². The third-order valence-corrected chi connectivity index (χ3v) is 5.52. The molecule has 0 radical (unpaired) electrons. The summed E-state index contributed by atoms with van der Waals surface area (Å²) < 4.78 is 2.84. The monoisotopic (exact) mass is 226 g/mol. The van der Waals surface area contributed by atoms with Crippen molar-refractivity contribution in [1.29, 1.82) is 0 Å². The standard InChI is InChI=1S/C10H10S3/c1-7-3-5-11-9(7)13-10-8(2)4-6-12-10/h3-6H,1-2H3. The fourth-order valence-corrected chi connectivity index (χ4v) is 4.31. The van der Waals surface area contributed by atoms with Crippen LogP contribution in [0.5, 0.6) is 0 Å². The van der Waals surface area contributed by atoms with E-state index >= 15 is 0 Å². The second-order valence-corrected chi connectivity index (χ2v) is 6.25. The van der Waals surface area contributed by atoms with Crippen LogP contribution in [0.2, 0.25) is 0 Å².